The van der Waals surface area contributed by atoms with Crippen molar-refractivity contribution in [1.29, 1.82) is 0 Å². The van der Waals surface area contributed by atoms with Crippen LogP contribution in [0, 0.1) is 13.8 Å². The molecule has 0 bridgehead atoms. The number of amides is 3. The normalized spacial score (nSPS) is 10.1. The van der Waals surface area contributed by atoms with Crippen LogP contribution in [0.3, 0.4) is 0 Å². The number of rotatable bonds is 5. The number of hydrogen-bond acceptors (Lipinski definition) is 2. The van der Waals surface area contributed by atoms with Crippen molar-refractivity contribution < 1.29 is 9.59 Å². The standard InChI is InChI=1S/C19H23N3O2/c1-14-9-10-18(13-15(14)2)22(16(3)23)12-11-20-19(24)21-17-7-5-4-6-8-17/h4-10,13H,11-12H2,1-3H3,(H2,20,21,24). The van der Waals surface area contributed by atoms with Crippen molar-refractivity contribution in [3.8, 4) is 0 Å². The molecule has 0 radical (unpaired) electrons. The van der Waals surface area contributed by atoms with Gasteiger partial charge in [0.25, 0.3) is 0 Å². The summed E-state index contributed by atoms with van der Waals surface area (Å²) in [5, 5.41) is 5.52. The zero-order chi connectivity index (χ0) is 17.5. The van der Waals surface area contributed by atoms with Gasteiger partial charge in [-0.2, -0.15) is 0 Å². The van der Waals surface area contributed by atoms with E-state index in [2.05, 4.69) is 10.6 Å². The lowest BCUT2D eigenvalue weighted by atomic mass is 10.1. The van der Waals surface area contributed by atoms with E-state index < -0.39 is 0 Å². The molecule has 5 heteroatoms. The maximum absolute atomic E-state index is 11.9. The molecule has 3 amide bonds. The number of carbonyl (C=O) groups excluding carboxylic acids is 2. The predicted octanol–water partition coefficient (Wildman–Crippen LogP) is 3.48. The van der Waals surface area contributed by atoms with Gasteiger partial charge < -0.3 is 15.5 Å². The molecule has 0 saturated heterocycles. The number of aryl methyl sites for hydroxylation is 2. The molecule has 0 atom stereocenters. The third-order valence-corrected chi connectivity index (χ3v) is 3.83. The second-order valence-electron chi connectivity index (χ2n) is 5.69. The third kappa shape index (κ3) is 4.84. The summed E-state index contributed by atoms with van der Waals surface area (Å²) in [5.41, 5.74) is 3.89. The number of nitrogens with zero attached hydrogens (tertiary/aromatic N) is 1. The van der Waals surface area contributed by atoms with Gasteiger partial charge in [-0.15, -0.1) is 0 Å². The highest BCUT2D eigenvalue weighted by Crippen LogP contribution is 2.18. The molecule has 24 heavy (non-hydrogen) atoms. The molecule has 0 heterocycles. The molecule has 0 aliphatic carbocycles. The minimum Gasteiger partial charge on any atom is -0.336 e. The van der Waals surface area contributed by atoms with Crippen LogP contribution in [0.5, 0.6) is 0 Å². The van der Waals surface area contributed by atoms with Gasteiger partial charge in [-0.1, -0.05) is 24.3 Å². The molecule has 5 nitrogen and oxygen atoms in total. The molecular weight excluding hydrogens is 302 g/mol. The Labute approximate surface area is 142 Å². The average molecular weight is 325 g/mol. The zero-order valence-electron chi connectivity index (χ0n) is 14.3. The van der Waals surface area contributed by atoms with Crippen molar-refractivity contribution >= 4 is 23.3 Å². The van der Waals surface area contributed by atoms with Gasteiger partial charge in [0.2, 0.25) is 5.91 Å². The van der Waals surface area contributed by atoms with E-state index in [4.69, 9.17) is 0 Å². The number of nitrogens with one attached hydrogen (secondary N) is 2. The molecule has 2 aromatic carbocycles. The Morgan fingerprint density at radius 1 is 1.00 bits per heavy atom. The highest BCUT2D eigenvalue weighted by Gasteiger charge is 2.12. The second-order valence-corrected chi connectivity index (χ2v) is 5.69. The zero-order valence-corrected chi connectivity index (χ0v) is 14.3. The summed E-state index contributed by atoms with van der Waals surface area (Å²) in [4.78, 5) is 25.4. The summed E-state index contributed by atoms with van der Waals surface area (Å²) in [6, 6.07) is 14.8. The molecular formula is C19H23N3O2. The quantitative estimate of drug-likeness (QED) is 0.884. The summed E-state index contributed by atoms with van der Waals surface area (Å²) in [6.07, 6.45) is 0. The van der Waals surface area contributed by atoms with Gasteiger partial charge in [0.1, 0.15) is 0 Å². The summed E-state index contributed by atoms with van der Waals surface area (Å²) >= 11 is 0. The fraction of sp³-hybridized carbons (Fsp3) is 0.263. The van der Waals surface area contributed by atoms with E-state index in [1.165, 1.54) is 12.5 Å². The molecule has 2 rings (SSSR count). The largest absolute Gasteiger partial charge is 0.336 e. The van der Waals surface area contributed by atoms with Crippen molar-refractivity contribution in [3.05, 3.63) is 59.7 Å². The van der Waals surface area contributed by atoms with Gasteiger partial charge in [0.05, 0.1) is 0 Å². The van der Waals surface area contributed by atoms with Gasteiger partial charge in [0, 0.05) is 31.4 Å². The van der Waals surface area contributed by atoms with E-state index in [1.807, 2.05) is 62.4 Å². The number of anilines is 2. The minimum absolute atomic E-state index is 0.0523. The highest BCUT2D eigenvalue weighted by atomic mass is 16.2. The Morgan fingerprint density at radius 3 is 2.33 bits per heavy atom. The molecule has 0 unspecified atom stereocenters. The SMILES string of the molecule is CC(=O)N(CCNC(=O)Nc1ccccc1)c1ccc(C)c(C)c1. The van der Waals surface area contributed by atoms with Crippen LogP contribution >= 0.6 is 0 Å². The Hall–Kier alpha value is -2.82. The molecule has 0 spiro atoms. The average Bonchev–Trinajstić information content (AvgIpc) is 2.55. The van der Waals surface area contributed by atoms with Crippen LogP contribution in [0.15, 0.2) is 48.5 Å². The van der Waals surface area contributed by atoms with E-state index >= 15 is 0 Å². The van der Waals surface area contributed by atoms with Gasteiger partial charge in [-0.25, -0.2) is 4.79 Å². The van der Waals surface area contributed by atoms with Crippen LogP contribution in [-0.2, 0) is 4.79 Å². The van der Waals surface area contributed by atoms with E-state index in [-0.39, 0.29) is 11.9 Å². The van der Waals surface area contributed by atoms with E-state index in [9.17, 15) is 9.59 Å². The Balaban J connectivity index is 1.91. The summed E-state index contributed by atoms with van der Waals surface area (Å²) in [6.45, 7) is 6.36. The molecule has 2 aromatic rings. The fourth-order valence-corrected chi connectivity index (χ4v) is 2.34. The maximum Gasteiger partial charge on any atom is 0.319 e. The lowest BCUT2D eigenvalue weighted by molar-refractivity contribution is -0.116. The summed E-state index contributed by atoms with van der Waals surface area (Å²) in [5.74, 6) is -0.0523. The van der Waals surface area contributed by atoms with Crippen LogP contribution < -0.4 is 15.5 Å². The number of hydrogen-bond donors (Lipinski definition) is 2. The molecule has 126 valence electrons. The molecule has 0 fully saturated rings. The Bertz CT molecular complexity index is 714. The molecule has 0 aromatic heterocycles. The first-order valence-corrected chi connectivity index (χ1v) is 7.92. The lowest BCUT2D eigenvalue weighted by Gasteiger charge is -2.22. The monoisotopic (exact) mass is 325 g/mol. The van der Waals surface area contributed by atoms with E-state index in [0.29, 0.717) is 13.1 Å². The first-order chi connectivity index (χ1) is 11.5. The van der Waals surface area contributed by atoms with Crippen LogP contribution in [-0.4, -0.2) is 25.0 Å². The number of benzene rings is 2. The van der Waals surface area contributed by atoms with Crippen LogP contribution in [0.4, 0.5) is 16.2 Å². The molecule has 2 N–H and O–H groups in total. The number of urea groups is 1. The van der Waals surface area contributed by atoms with Crippen molar-refractivity contribution in [1.82, 2.24) is 5.32 Å². The smallest absolute Gasteiger partial charge is 0.319 e. The van der Waals surface area contributed by atoms with Gasteiger partial charge in [-0.05, 0) is 49.2 Å². The first-order valence-electron chi connectivity index (χ1n) is 7.92. The Morgan fingerprint density at radius 2 is 1.71 bits per heavy atom. The topological polar surface area (TPSA) is 61.4 Å². The lowest BCUT2D eigenvalue weighted by Crippen LogP contribution is -2.39. The number of carbonyl (C=O) groups is 2. The van der Waals surface area contributed by atoms with E-state index in [0.717, 1.165) is 16.9 Å². The maximum atomic E-state index is 11.9. The highest BCUT2D eigenvalue weighted by molar-refractivity contribution is 5.92. The Kier molecular flexibility index (Phi) is 5.95. The van der Waals surface area contributed by atoms with E-state index in [1.54, 1.807) is 4.90 Å². The van der Waals surface area contributed by atoms with Crippen molar-refractivity contribution in [2.45, 2.75) is 20.8 Å². The van der Waals surface area contributed by atoms with Gasteiger partial charge in [0.15, 0.2) is 0 Å². The molecule has 0 aliphatic heterocycles. The summed E-state index contributed by atoms with van der Waals surface area (Å²) in [7, 11) is 0. The molecule has 0 saturated carbocycles. The van der Waals surface area contributed by atoms with Crippen molar-refractivity contribution in [2.24, 2.45) is 0 Å². The minimum atomic E-state index is -0.287. The third-order valence-electron chi connectivity index (χ3n) is 3.83. The first kappa shape index (κ1) is 17.5. The van der Waals surface area contributed by atoms with Gasteiger partial charge >= 0.3 is 6.03 Å². The van der Waals surface area contributed by atoms with Crippen molar-refractivity contribution in [2.75, 3.05) is 23.3 Å². The van der Waals surface area contributed by atoms with Crippen LogP contribution in [0.25, 0.3) is 0 Å². The van der Waals surface area contributed by atoms with Crippen molar-refractivity contribution in [3.63, 3.8) is 0 Å². The van der Waals surface area contributed by atoms with Gasteiger partial charge in [-0.3, -0.25) is 4.79 Å². The summed E-state index contributed by atoms with van der Waals surface area (Å²) < 4.78 is 0. The van der Waals surface area contributed by atoms with Crippen LogP contribution in [0.1, 0.15) is 18.1 Å². The predicted molar refractivity (Wildman–Crippen MR) is 97.4 cm³/mol. The second kappa shape index (κ2) is 8.15. The fourth-order valence-electron chi connectivity index (χ4n) is 2.34. The van der Waals surface area contributed by atoms with Crippen LogP contribution in [0.2, 0.25) is 0 Å². The molecule has 0 aliphatic rings. The number of para-hydroxylation sites is 1.